The third-order valence-electron chi connectivity index (χ3n) is 4.13. The third kappa shape index (κ3) is 3.40. The van der Waals surface area contributed by atoms with Gasteiger partial charge in [-0.3, -0.25) is 9.13 Å². The molecule has 0 radical (unpaired) electrons. The van der Waals surface area contributed by atoms with Crippen LogP contribution in [0.15, 0.2) is 66.1 Å². The summed E-state index contributed by atoms with van der Waals surface area (Å²) in [7, 11) is 1.61. The molecule has 0 aliphatic heterocycles. The van der Waals surface area contributed by atoms with E-state index in [1.807, 2.05) is 35.0 Å². The van der Waals surface area contributed by atoms with Crippen molar-refractivity contribution in [1.29, 1.82) is 0 Å². The van der Waals surface area contributed by atoms with Crippen LogP contribution >= 0.6 is 11.8 Å². The minimum atomic E-state index is -2.65. The van der Waals surface area contributed by atoms with Gasteiger partial charge in [0.15, 0.2) is 5.16 Å². The first-order chi connectivity index (χ1) is 13.2. The fraction of sp³-hybridized carbons (Fsp3) is 0.158. The Kier molecular flexibility index (Phi) is 4.81. The van der Waals surface area contributed by atoms with Gasteiger partial charge >= 0.3 is 6.55 Å². The summed E-state index contributed by atoms with van der Waals surface area (Å²) in [5.74, 6) is 1.33. The fourth-order valence-electron chi connectivity index (χ4n) is 2.90. The molecule has 27 heavy (non-hydrogen) atoms. The smallest absolute Gasteiger partial charge is 0.320 e. The van der Waals surface area contributed by atoms with Crippen LogP contribution < -0.4 is 4.74 Å². The van der Waals surface area contributed by atoms with E-state index in [0.29, 0.717) is 22.0 Å². The van der Waals surface area contributed by atoms with Crippen LogP contribution in [-0.2, 0) is 5.75 Å². The van der Waals surface area contributed by atoms with Gasteiger partial charge in [0.05, 0.1) is 29.6 Å². The molecule has 0 unspecified atom stereocenters. The molecule has 0 amide bonds. The summed E-state index contributed by atoms with van der Waals surface area (Å²) < 4.78 is 35.3. The van der Waals surface area contributed by atoms with Crippen LogP contribution in [0.1, 0.15) is 12.4 Å². The van der Waals surface area contributed by atoms with Crippen molar-refractivity contribution in [3.63, 3.8) is 0 Å². The molecule has 0 saturated heterocycles. The summed E-state index contributed by atoms with van der Waals surface area (Å²) in [6.45, 7) is -2.65. The second-order valence-electron chi connectivity index (χ2n) is 5.73. The monoisotopic (exact) mass is 386 g/mol. The number of hydrogen-bond donors (Lipinski definition) is 0. The van der Waals surface area contributed by atoms with Crippen LogP contribution in [0.3, 0.4) is 0 Å². The van der Waals surface area contributed by atoms with E-state index < -0.39 is 6.55 Å². The number of imidazole rings is 2. The Labute approximate surface area is 158 Å². The molecule has 2 heterocycles. The standard InChI is InChI=1S/C19H16F2N4OS/c1-26-14-6-4-5-13(11-14)24-10-9-22-19(24)27-12-17-23-15-7-2-3-8-16(15)25(17)18(20)21/h2-11,18H,12H2,1H3. The first-order valence-electron chi connectivity index (χ1n) is 8.22. The Morgan fingerprint density at radius 1 is 1.15 bits per heavy atom. The van der Waals surface area contributed by atoms with Gasteiger partial charge in [0.1, 0.15) is 11.6 Å². The molecule has 0 aliphatic carbocycles. The molecule has 2 aromatic heterocycles. The van der Waals surface area contributed by atoms with Crippen molar-refractivity contribution in [2.75, 3.05) is 7.11 Å². The van der Waals surface area contributed by atoms with E-state index in [1.165, 1.54) is 11.8 Å². The van der Waals surface area contributed by atoms with Gasteiger partial charge in [-0.15, -0.1) is 0 Å². The number of hydrogen-bond acceptors (Lipinski definition) is 4. The van der Waals surface area contributed by atoms with Crippen LogP contribution in [0.5, 0.6) is 5.75 Å². The van der Waals surface area contributed by atoms with Crippen molar-refractivity contribution < 1.29 is 13.5 Å². The number of benzene rings is 2. The summed E-state index contributed by atoms with van der Waals surface area (Å²) in [5, 5.41) is 0.691. The molecule has 0 spiro atoms. The largest absolute Gasteiger partial charge is 0.497 e. The molecule has 138 valence electrons. The third-order valence-corrected chi connectivity index (χ3v) is 5.10. The molecule has 0 saturated carbocycles. The SMILES string of the molecule is COc1cccc(-n2ccnc2SCc2nc3ccccc3n2C(F)F)c1. The molecule has 0 fully saturated rings. The maximum Gasteiger partial charge on any atom is 0.320 e. The van der Waals surface area contributed by atoms with Gasteiger partial charge in [-0.1, -0.05) is 30.0 Å². The van der Waals surface area contributed by atoms with E-state index in [9.17, 15) is 8.78 Å². The van der Waals surface area contributed by atoms with Crippen molar-refractivity contribution in [3.05, 3.63) is 66.7 Å². The molecule has 0 aliphatic rings. The van der Waals surface area contributed by atoms with Crippen LogP contribution in [0, 0.1) is 0 Å². The highest BCUT2D eigenvalue weighted by atomic mass is 32.2. The first kappa shape index (κ1) is 17.5. The first-order valence-corrected chi connectivity index (χ1v) is 9.20. The Bertz CT molecular complexity index is 1080. The summed E-state index contributed by atoms with van der Waals surface area (Å²) in [4.78, 5) is 8.72. The zero-order valence-electron chi connectivity index (χ0n) is 14.4. The maximum absolute atomic E-state index is 13.6. The molecular formula is C19H16F2N4OS. The number of methoxy groups -OCH3 is 1. The van der Waals surface area contributed by atoms with Crippen molar-refractivity contribution in [1.82, 2.24) is 19.1 Å². The minimum Gasteiger partial charge on any atom is -0.497 e. The number of ether oxygens (including phenoxy) is 1. The zero-order chi connectivity index (χ0) is 18.8. The quantitative estimate of drug-likeness (QED) is 0.441. The predicted molar refractivity (Wildman–Crippen MR) is 101 cm³/mol. The van der Waals surface area contributed by atoms with E-state index in [4.69, 9.17) is 4.74 Å². The molecule has 4 rings (SSSR count). The van der Waals surface area contributed by atoms with Crippen molar-refractivity contribution in [3.8, 4) is 11.4 Å². The van der Waals surface area contributed by atoms with Crippen molar-refractivity contribution in [2.45, 2.75) is 17.5 Å². The Morgan fingerprint density at radius 3 is 2.81 bits per heavy atom. The lowest BCUT2D eigenvalue weighted by Crippen LogP contribution is -2.04. The van der Waals surface area contributed by atoms with Gasteiger partial charge in [0.25, 0.3) is 0 Å². The second kappa shape index (κ2) is 7.40. The van der Waals surface area contributed by atoms with E-state index in [2.05, 4.69) is 9.97 Å². The average Bonchev–Trinajstić information content (AvgIpc) is 3.30. The molecule has 4 aromatic rings. The van der Waals surface area contributed by atoms with Crippen molar-refractivity contribution in [2.24, 2.45) is 0 Å². The van der Waals surface area contributed by atoms with Gasteiger partial charge in [-0.05, 0) is 24.3 Å². The van der Waals surface area contributed by atoms with Crippen LogP contribution in [0.4, 0.5) is 8.78 Å². The van der Waals surface area contributed by atoms with Gasteiger partial charge in [-0.25, -0.2) is 9.97 Å². The van der Waals surface area contributed by atoms with E-state index in [-0.39, 0.29) is 5.75 Å². The Morgan fingerprint density at radius 2 is 2.00 bits per heavy atom. The average molecular weight is 386 g/mol. The number of alkyl halides is 2. The van der Waals surface area contributed by atoms with Gasteiger partial charge < -0.3 is 4.74 Å². The normalized spacial score (nSPS) is 11.4. The molecule has 5 nitrogen and oxygen atoms in total. The van der Waals surface area contributed by atoms with E-state index in [1.54, 1.807) is 37.6 Å². The summed E-state index contributed by atoms with van der Waals surface area (Å²) in [5.41, 5.74) is 1.88. The number of fused-ring (bicyclic) bond motifs is 1. The minimum absolute atomic E-state index is 0.278. The Hall–Kier alpha value is -2.87. The van der Waals surface area contributed by atoms with Gasteiger partial charge in [0.2, 0.25) is 0 Å². The van der Waals surface area contributed by atoms with Gasteiger partial charge in [0, 0.05) is 18.5 Å². The summed E-state index contributed by atoms with van der Waals surface area (Å²) >= 11 is 1.36. The predicted octanol–water partition coefficient (Wildman–Crippen LogP) is 4.92. The number of rotatable bonds is 6. The van der Waals surface area contributed by atoms with E-state index in [0.717, 1.165) is 16.0 Å². The van der Waals surface area contributed by atoms with Crippen LogP contribution in [0.2, 0.25) is 0 Å². The van der Waals surface area contributed by atoms with E-state index >= 15 is 0 Å². The number of halogens is 2. The fourth-order valence-corrected chi connectivity index (χ4v) is 3.80. The number of para-hydroxylation sites is 2. The zero-order valence-corrected chi connectivity index (χ0v) is 15.2. The second-order valence-corrected chi connectivity index (χ2v) is 6.68. The lowest BCUT2D eigenvalue weighted by Gasteiger charge is -2.10. The Balaban J connectivity index is 1.63. The number of thioether (sulfide) groups is 1. The number of aromatic nitrogens is 4. The van der Waals surface area contributed by atoms with Crippen molar-refractivity contribution >= 4 is 22.8 Å². The highest BCUT2D eigenvalue weighted by molar-refractivity contribution is 7.98. The molecule has 2 aromatic carbocycles. The van der Waals surface area contributed by atoms with Crippen LogP contribution in [-0.4, -0.2) is 26.2 Å². The molecule has 0 bridgehead atoms. The number of nitrogens with zero attached hydrogens (tertiary/aromatic N) is 4. The highest BCUT2D eigenvalue weighted by Gasteiger charge is 2.18. The molecule has 0 atom stereocenters. The lowest BCUT2D eigenvalue weighted by atomic mass is 10.3. The molecule has 8 heteroatoms. The summed E-state index contributed by atoms with van der Waals surface area (Å²) in [6, 6.07) is 14.5. The lowest BCUT2D eigenvalue weighted by molar-refractivity contribution is 0.0722. The topological polar surface area (TPSA) is 44.9 Å². The highest BCUT2D eigenvalue weighted by Crippen LogP contribution is 2.29. The van der Waals surface area contributed by atoms with Crippen LogP contribution in [0.25, 0.3) is 16.7 Å². The van der Waals surface area contributed by atoms with Gasteiger partial charge in [-0.2, -0.15) is 8.78 Å². The maximum atomic E-state index is 13.6. The summed E-state index contributed by atoms with van der Waals surface area (Å²) in [6.07, 6.45) is 3.51. The molecular weight excluding hydrogens is 370 g/mol. The molecule has 0 N–H and O–H groups in total.